The lowest BCUT2D eigenvalue weighted by atomic mass is 9.93. The number of nitrogens with zero attached hydrogens (tertiary/aromatic N) is 1. The van der Waals surface area contributed by atoms with Crippen LogP contribution >= 0.6 is 35.6 Å². The number of amides is 1. The number of hydrogen-bond donors (Lipinski definition) is 1. The maximum Gasteiger partial charge on any atom is 0.227 e. The third-order valence-corrected chi connectivity index (χ3v) is 5.73. The Bertz CT molecular complexity index is 541. The second kappa shape index (κ2) is 8.06. The molecule has 2 aliphatic rings. The van der Waals surface area contributed by atoms with Crippen LogP contribution in [0.3, 0.4) is 0 Å². The lowest BCUT2D eigenvalue weighted by Crippen LogP contribution is -2.39. The lowest BCUT2D eigenvalue weighted by Gasteiger charge is -2.31. The molecule has 0 bridgehead atoms. The molecule has 3 rings (SSSR count). The van der Waals surface area contributed by atoms with Crippen LogP contribution in [0.5, 0.6) is 0 Å². The summed E-state index contributed by atoms with van der Waals surface area (Å²) in [6.45, 7) is 0.663. The van der Waals surface area contributed by atoms with Crippen molar-refractivity contribution in [2.45, 2.75) is 50.6 Å². The molecular formula is C17H23Cl3N2O. The summed E-state index contributed by atoms with van der Waals surface area (Å²) < 4.78 is 0. The molecule has 1 aliphatic carbocycles. The van der Waals surface area contributed by atoms with Gasteiger partial charge in [-0.05, 0) is 37.0 Å². The Hall–Kier alpha value is -0.480. The number of benzene rings is 1. The molecule has 1 aliphatic heterocycles. The molecule has 1 aromatic carbocycles. The van der Waals surface area contributed by atoms with Gasteiger partial charge in [-0.2, -0.15) is 0 Å². The van der Waals surface area contributed by atoms with Gasteiger partial charge in [0.05, 0.1) is 5.92 Å². The van der Waals surface area contributed by atoms with Crippen molar-refractivity contribution in [3.63, 3.8) is 0 Å². The van der Waals surface area contributed by atoms with E-state index in [-0.39, 0.29) is 30.3 Å². The molecule has 128 valence electrons. The fraction of sp³-hybridized carbons (Fsp3) is 0.588. The van der Waals surface area contributed by atoms with Crippen molar-refractivity contribution in [1.82, 2.24) is 4.90 Å². The first-order valence-corrected chi connectivity index (χ1v) is 8.82. The van der Waals surface area contributed by atoms with Crippen molar-refractivity contribution in [2.75, 3.05) is 6.54 Å². The summed E-state index contributed by atoms with van der Waals surface area (Å²) in [7, 11) is 0. The van der Waals surface area contributed by atoms with Crippen molar-refractivity contribution >= 4 is 41.5 Å². The SMILES string of the molecule is Cl.NC1CN(C2CCCCC2)C(=O)C1Cc1c(Cl)cccc1Cl. The van der Waals surface area contributed by atoms with Gasteiger partial charge in [0, 0.05) is 28.7 Å². The minimum atomic E-state index is -0.209. The molecule has 1 heterocycles. The van der Waals surface area contributed by atoms with E-state index < -0.39 is 0 Å². The summed E-state index contributed by atoms with van der Waals surface area (Å²) in [6, 6.07) is 5.68. The number of halogens is 3. The molecule has 6 heteroatoms. The van der Waals surface area contributed by atoms with Gasteiger partial charge in [0.1, 0.15) is 0 Å². The Morgan fingerprint density at radius 3 is 2.35 bits per heavy atom. The van der Waals surface area contributed by atoms with Crippen LogP contribution in [0.15, 0.2) is 18.2 Å². The van der Waals surface area contributed by atoms with Gasteiger partial charge in [0.15, 0.2) is 0 Å². The number of nitrogens with two attached hydrogens (primary N) is 1. The quantitative estimate of drug-likeness (QED) is 0.863. The zero-order valence-corrected chi connectivity index (χ0v) is 15.3. The summed E-state index contributed by atoms with van der Waals surface area (Å²) in [5.74, 6) is -0.0327. The van der Waals surface area contributed by atoms with E-state index in [4.69, 9.17) is 28.9 Å². The Morgan fingerprint density at radius 2 is 1.74 bits per heavy atom. The van der Waals surface area contributed by atoms with E-state index in [0.717, 1.165) is 18.4 Å². The average molecular weight is 378 g/mol. The van der Waals surface area contributed by atoms with Crippen LogP contribution in [0.4, 0.5) is 0 Å². The predicted octanol–water partition coefficient (Wildman–Crippen LogP) is 4.08. The summed E-state index contributed by atoms with van der Waals surface area (Å²) >= 11 is 12.5. The van der Waals surface area contributed by atoms with Crippen LogP contribution in [-0.4, -0.2) is 29.4 Å². The number of rotatable bonds is 3. The van der Waals surface area contributed by atoms with Gasteiger partial charge in [-0.15, -0.1) is 12.4 Å². The van der Waals surface area contributed by atoms with Crippen LogP contribution in [0.2, 0.25) is 10.0 Å². The fourth-order valence-electron chi connectivity index (χ4n) is 3.75. The van der Waals surface area contributed by atoms with E-state index >= 15 is 0 Å². The van der Waals surface area contributed by atoms with Crippen molar-refractivity contribution in [1.29, 1.82) is 0 Å². The maximum absolute atomic E-state index is 12.8. The Kier molecular flexibility index (Phi) is 6.61. The van der Waals surface area contributed by atoms with E-state index in [2.05, 4.69) is 0 Å². The van der Waals surface area contributed by atoms with E-state index in [0.29, 0.717) is 29.1 Å². The first kappa shape index (κ1) is 18.9. The van der Waals surface area contributed by atoms with Gasteiger partial charge >= 0.3 is 0 Å². The fourth-order valence-corrected chi connectivity index (χ4v) is 4.30. The zero-order chi connectivity index (χ0) is 15.7. The van der Waals surface area contributed by atoms with Gasteiger partial charge in [0.25, 0.3) is 0 Å². The summed E-state index contributed by atoms with van der Waals surface area (Å²) in [5.41, 5.74) is 7.10. The molecule has 2 fully saturated rings. The average Bonchev–Trinajstić information content (AvgIpc) is 2.79. The standard InChI is InChI=1S/C17H22Cl2N2O.ClH/c18-14-7-4-8-15(19)12(14)9-13-16(20)10-21(17(13)22)11-5-2-1-3-6-11;/h4,7-8,11,13,16H,1-3,5-6,9-10,20H2;1H. The molecule has 0 spiro atoms. The highest BCUT2D eigenvalue weighted by Gasteiger charge is 2.41. The molecule has 3 nitrogen and oxygen atoms in total. The number of likely N-dealkylation sites (tertiary alicyclic amines) is 1. The summed E-state index contributed by atoms with van der Waals surface area (Å²) in [4.78, 5) is 14.8. The highest BCUT2D eigenvalue weighted by atomic mass is 35.5. The van der Waals surface area contributed by atoms with Crippen LogP contribution < -0.4 is 5.73 Å². The Labute approximate surface area is 153 Å². The lowest BCUT2D eigenvalue weighted by molar-refractivity contribution is -0.133. The third kappa shape index (κ3) is 3.96. The number of carbonyl (C=O) groups is 1. The predicted molar refractivity (Wildman–Crippen MR) is 97.5 cm³/mol. The van der Waals surface area contributed by atoms with E-state index in [9.17, 15) is 4.79 Å². The minimum Gasteiger partial charge on any atom is -0.338 e. The van der Waals surface area contributed by atoms with Crippen LogP contribution in [0, 0.1) is 5.92 Å². The van der Waals surface area contributed by atoms with Crippen LogP contribution in [-0.2, 0) is 11.2 Å². The molecule has 0 radical (unpaired) electrons. The molecule has 1 amide bonds. The van der Waals surface area contributed by atoms with Crippen LogP contribution in [0.25, 0.3) is 0 Å². The third-order valence-electron chi connectivity index (χ3n) is 5.03. The monoisotopic (exact) mass is 376 g/mol. The van der Waals surface area contributed by atoms with Gasteiger partial charge in [-0.3, -0.25) is 4.79 Å². The van der Waals surface area contributed by atoms with Crippen LogP contribution in [0.1, 0.15) is 37.7 Å². The number of carbonyl (C=O) groups excluding carboxylic acids is 1. The largest absolute Gasteiger partial charge is 0.338 e. The van der Waals surface area contributed by atoms with Crippen molar-refractivity contribution in [2.24, 2.45) is 11.7 Å². The van der Waals surface area contributed by atoms with Crippen molar-refractivity contribution in [3.05, 3.63) is 33.8 Å². The van der Waals surface area contributed by atoms with E-state index in [1.165, 1.54) is 19.3 Å². The van der Waals surface area contributed by atoms with Gasteiger partial charge < -0.3 is 10.6 Å². The Morgan fingerprint density at radius 1 is 1.13 bits per heavy atom. The first-order valence-electron chi connectivity index (χ1n) is 8.07. The van der Waals surface area contributed by atoms with Crippen molar-refractivity contribution in [3.8, 4) is 0 Å². The first-order chi connectivity index (χ1) is 10.6. The molecule has 1 aromatic rings. The molecule has 0 aromatic heterocycles. The molecular weight excluding hydrogens is 355 g/mol. The smallest absolute Gasteiger partial charge is 0.227 e. The topological polar surface area (TPSA) is 46.3 Å². The summed E-state index contributed by atoms with van der Waals surface area (Å²) in [6.07, 6.45) is 6.45. The van der Waals surface area contributed by atoms with E-state index in [1.807, 2.05) is 23.1 Å². The zero-order valence-electron chi connectivity index (χ0n) is 13.0. The second-order valence-corrected chi connectivity index (χ2v) is 7.27. The van der Waals surface area contributed by atoms with Gasteiger partial charge in [0.2, 0.25) is 5.91 Å². The highest BCUT2D eigenvalue weighted by molar-refractivity contribution is 6.36. The second-order valence-electron chi connectivity index (χ2n) is 6.46. The van der Waals surface area contributed by atoms with E-state index in [1.54, 1.807) is 0 Å². The van der Waals surface area contributed by atoms with Gasteiger partial charge in [-0.1, -0.05) is 48.5 Å². The van der Waals surface area contributed by atoms with Gasteiger partial charge in [-0.25, -0.2) is 0 Å². The molecule has 23 heavy (non-hydrogen) atoms. The molecule has 2 N–H and O–H groups in total. The number of hydrogen-bond acceptors (Lipinski definition) is 2. The van der Waals surface area contributed by atoms with Crippen molar-refractivity contribution < 1.29 is 4.79 Å². The molecule has 2 atom stereocenters. The highest BCUT2D eigenvalue weighted by Crippen LogP contribution is 2.33. The molecule has 1 saturated heterocycles. The maximum atomic E-state index is 12.8. The summed E-state index contributed by atoms with van der Waals surface area (Å²) in [5, 5.41) is 1.23. The minimum absolute atomic E-state index is 0. The normalized spacial score (nSPS) is 25.5. The molecule has 2 unspecified atom stereocenters. The Balaban J connectivity index is 0.00000192. The molecule has 1 saturated carbocycles.